The van der Waals surface area contributed by atoms with Crippen LogP contribution in [-0.4, -0.2) is 30.4 Å². The third-order valence-electron chi connectivity index (χ3n) is 1.42. The fraction of sp³-hybridized carbons (Fsp3) is 1.00. The van der Waals surface area contributed by atoms with E-state index in [1.165, 1.54) is 9.68 Å². The minimum Gasteiger partial charge on any atom is -0.244 e. The van der Waals surface area contributed by atoms with E-state index in [4.69, 9.17) is 0 Å². The zero-order valence-electron chi connectivity index (χ0n) is 7.85. The summed E-state index contributed by atoms with van der Waals surface area (Å²) in [6.07, 6.45) is -21.0. The molecule has 0 fully saturated rings. The van der Waals surface area contributed by atoms with E-state index in [1.54, 1.807) is 0 Å². The average molecular weight is 320 g/mol. The molecule has 0 aliphatic carbocycles. The first-order chi connectivity index (χ1) is 8.02. The molecule has 0 aromatic rings. The second-order valence-corrected chi connectivity index (χ2v) is 2.80. The maximum atomic E-state index is 12.3. The molecule has 14 heteroatoms. The number of alkyl halides is 11. The predicted octanol–water partition coefficient (Wildman–Crippen LogP) is 3.88. The van der Waals surface area contributed by atoms with Crippen LogP contribution in [0.3, 0.4) is 0 Å². The molecular weight excluding hydrogens is 320 g/mol. The standard InChI is InChI=1S/C5F12O2/c6-1(7,2(8,9)10)4(14,15)18-5(16,19-17)3(11,12)13. The number of hydrogen-bond donors (Lipinski definition) is 0. The Morgan fingerprint density at radius 3 is 1.16 bits per heavy atom. The number of halogens is 12. The van der Waals surface area contributed by atoms with Crippen LogP contribution >= 0.6 is 0 Å². The quantitative estimate of drug-likeness (QED) is 0.578. The molecule has 0 amide bonds. The Labute approximate surface area is 94.3 Å². The molecule has 0 spiro atoms. The van der Waals surface area contributed by atoms with E-state index in [2.05, 4.69) is 0 Å². The van der Waals surface area contributed by atoms with Crippen LogP contribution in [0.15, 0.2) is 0 Å². The lowest BCUT2D eigenvalue weighted by Crippen LogP contribution is -2.59. The Morgan fingerprint density at radius 2 is 0.947 bits per heavy atom. The molecule has 0 bridgehead atoms. The second kappa shape index (κ2) is 4.57. The SMILES string of the molecule is FOC(F)(OC(F)(F)C(F)(F)C(F)(F)F)C(F)(F)F. The minimum absolute atomic E-state index is 1.25. The summed E-state index contributed by atoms with van der Waals surface area (Å²) in [5.41, 5.74) is 0. The van der Waals surface area contributed by atoms with Gasteiger partial charge in [0.25, 0.3) is 0 Å². The van der Waals surface area contributed by atoms with Crippen molar-refractivity contribution in [2.75, 3.05) is 0 Å². The van der Waals surface area contributed by atoms with E-state index in [0.29, 0.717) is 0 Å². The lowest BCUT2D eigenvalue weighted by molar-refractivity contribution is -0.561. The first-order valence-corrected chi connectivity index (χ1v) is 3.60. The van der Waals surface area contributed by atoms with Gasteiger partial charge in [-0.1, -0.05) is 0 Å². The molecule has 0 radical (unpaired) electrons. The molecule has 1 unspecified atom stereocenters. The van der Waals surface area contributed by atoms with Gasteiger partial charge in [-0.25, -0.2) is 4.74 Å². The zero-order chi connectivity index (χ0) is 15.9. The molecule has 0 rings (SSSR count). The van der Waals surface area contributed by atoms with Crippen LogP contribution in [-0.2, 0) is 9.68 Å². The van der Waals surface area contributed by atoms with Gasteiger partial charge in [0.15, 0.2) is 0 Å². The third kappa shape index (κ3) is 3.16. The van der Waals surface area contributed by atoms with Crippen LogP contribution in [0.4, 0.5) is 52.8 Å². The van der Waals surface area contributed by atoms with Crippen LogP contribution in [0.25, 0.3) is 0 Å². The van der Waals surface area contributed by atoms with E-state index in [1.807, 2.05) is 0 Å². The summed E-state index contributed by atoms with van der Waals surface area (Å²) in [4.78, 5) is 1.25. The average Bonchev–Trinajstić information content (AvgIpc) is 2.12. The molecule has 0 aromatic heterocycles. The molecule has 0 heterocycles. The molecule has 0 aromatic carbocycles. The predicted molar refractivity (Wildman–Crippen MR) is 29.1 cm³/mol. The zero-order valence-corrected chi connectivity index (χ0v) is 7.85. The third-order valence-corrected chi connectivity index (χ3v) is 1.42. The van der Waals surface area contributed by atoms with E-state index in [-0.39, 0.29) is 0 Å². The highest BCUT2D eigenvalue weighted by atomic mass is 19.4. The van der Waals surface area contributed by atoms with Gasteiger partial charge in [0.2, 0.25) is 0 Å². The van der Waals surface area contributed by atoms with Crippen molar-refractivity contribution in [3.8, 4) is 0 Å². The lowest BCUT2D eigenvalue weighted by atomic mass is 10.3. The highest BCUT2D eigenvalue weighted by molar-refractivity contribution is 4.86. The summed E-state index contributed by atoms with van der Waals surface area (Å²) in [6.45, 7) is 0. The topological polar surface area (TPSA) is 18.5 Å². The van der Waals surface area contributed by atoms with Crippen LogP contribution in [0, 0.1) is 0 Å². The van der Waals surface area contributed by atoms with Gasteiger partial charge in [0, 0.05) is 0 Å². The highest BCUT2D eigenvalue weighted by Crippen LogP contribution is 2.51. The maximum absolute atomic E-state index is 12.3. The van der Waals surface area contributed by atoms with E-state index in [0.717, 1.165) is 0 Å². The van der Waals surface area contributed by atoms with Crippen molar-refractivity contribution in [2.45, 2.75) is 30.4 Å². The van der Waals surface area contributed by atoms with Crippen molar-refractivity contribution in [1.29, 1.82) is 0 Å². The van der Waals surface area contributed by atoms with Crippen molar-refractivity contribution in [2.24, 2.45) is 0 Å². The first kappa shape index (κ1) is 18.1. The number of rotatable bonds is 4. The van der Waals surface area contributed by atoms with Gasteiger partial charge >= 0.3 is 30.4 Å². The van der Waals surface area contributed by atoms with Crippen molar-refractivity contribution in [3.05, 3.63) is 0 Å². The Balaban J connectivity index is 5.48. The second-order valence-electron chi connectivity index (χ2n) is 2.80. The van der Waals surface area contributed by atoms with Crippen molar-refractivity contribution >= 4 is 0 Å². The number of hydrogen-bond acceptors (Lipinski definition) is 2. The fourth-order valence-corrected chi connectivity index (χ4v) is 0.511. The van der Waals surface area contributed by atoms with Crippen LogP contribution in [0.2, 0.25) is 0 Å². The first-order valence-electron chi connectivity index (χ1n) is 3.60. The molecule has 0 aliphatic heterocycles. The number of ether oxygens (including phenoxy) is 1. The lowest BCUT2D eigenvalue weighted by Gasteiger charge is -2.32. The molecule has 0 saturated carbocycles. The molecule has 0 saturated heterocycles. The minimum atomic E-state index is -7.24. The van der Waals surface area contributed by atoms with Gasteiger partial charge in [-0.15, -0.1) is 4.94 Å². The van der Waals surface area contributed by atoms with Crippen LogP contribution in [0.1, 0.15) is 0 Å². The Hall–Kier alpha value is -0.920. The monoisotopic (exact) mass is 320 g/mol. The molecule has 116 valence electrons. The Morgan fingerprint density at radius 1 is 0.579 bits per heavy atom. The van der Waals surface area contributed by atoms with E-state index in [9.17, 15) is 52.8 Å². The summed E-state index contributed by atoms with van der Waals surface area (Å²) >= 11 is 0. The molecule has 0 N–H and O–H groups in total. The molecule has 19 heavy (non-hydrogen) atoms. The van der Waals surface area contributed by atoms with Crippen LogP contribution in [0.5, 0.6) is 0 Å². The van der Waals surface area contributed by atoms with Gasteiger partial charge < -0.3 is 0 Å². The maximum Gasteiger partial charge on any atom is 0.481 e. The summed E-state index contributed by atoms with van der Waals surface area (Å²) < 4.78 is 143. The fourth-order valence-electron chi connectivity index (χ4n) is 0.511. The molecular formula is C5F12O2. The molecule has 0 aliphatic rings. The van der Waals surface area contributed by atoms with Crippen molar-refractivity contribution in [1.82, 2.24) is 0 Å². The smallest absolute Gasteiger partial charge is 0.244 e. The van der Waals surface area contributed by atoms with Gasteiger partial charge in [-0.2, -0.15) is 48.3 Å². The van der Waals surface area contributed by atoms with E-state index < -0.39 is 30.4 Å². The van der Waals surface area contributed by atoms with Gasteiger partial charge in [0.05, 0.1) is 0 Å². The Kier molecular flexibility index (Phi) is 4.35. The van der Waals surface area contributed by atoms with Crippen LogP contribution < -0.4 is 0 Å². The molecule has 2 nitrogen and oxygen atoms in total. The Bertz CT molecular complexity index is 317. The van der Waals surface area contributed by atoms with Crippen molar-refractivity contribution < 1.29 is 62.5 Å². The van der Waals surface area contributed by atoms with Gasteiger partial charge in [0.1, 0.15) is 0 Å². The van der Waals surface area contributed by atoms with Gasteiger partial charge in [-0.05, 0) is 4.53 Å². The van der Waals surface area contributed by atoms with E-state index >= 15 is 0 Å². The summed E-state index contributed by atoms with van der Waals surface area (Å²) in [5, 5.41) is 0. The molecule has 1 atom stereocenters. The normalized spacial score (nSPS) is 18.3. The summed E-state index contributed by atoms with van der Waals surface area (Å²) in [6, 6.07) is -6.51. The summed E-state index contributed by atoms with van der Waals surface area (Å²) in [5.74, 6) is -7.24. The highest BCUT2D eigenvalue weighted by Gasteiger charge is 2.79. The van der Waals surface area contributed by atoms with Gasteiger partial charge in [-0.3, -0.25) is 0 Å². The van der Waals surface area contributed by atoms with Crippen molar-refractivity contribution in [3.63, 3.8) is 0 Å². The summed E-state index contributed by atoms with van der Waals surface area (Å²) in [7, 11) is 0. The largest absolute Gasteiger partial charge is 0.481 e.